The lowest BCUT2D eigenvalue weighted by molar-refractivity contribution is 0.195. The molecule has 2 saturated carbocycles. The van der Waals surface area contributed by atoms with E-state index in [1.54, 1.807) is 0 Å². The molecule has 3 atom stereocenters. The molecule has 2 bridgehead atoms. The van der Waals surface area contributed by atoms with E-state index >= 15 is 0 Å². The Morgan fingerprint density at radius 3 is 2.84 bits per heavy atom. The summed E-state index contributed by atoms with van der Waals surface area (Å²) in [4.78, 5) is 0. The summed E-state index contributed by atoms with van der Waals surface area (Å²) < 4.78 is 5.95. The van der Waals surface area contributed by atoms with Gasteiger partial charge >= 0.3 is 0 Å². The predicted molar refractivity (Wildman–Crippen MR) is 78.6 cm³/mol. The Kier molecular flexibility index (Phi) is 3.99. The van der Waals surface area contributed by atoms with Crippen molar-refractivity contribution in [2.45, 2.75) is 32.2 Å². The molecule has 0 radical (unpaired) electrons. The summed E-state index contributed by atoms with van der Waals surface area (Å²) in [6.45, 7) is 1.68. The topological polar surface area (TPSA) is 21.3 Å². The molecule has 3 unspecified atom stereocenters. The van der Waals surface area contributed by atoms with Crippen LogP contribution < -0.4 is 10.1 Å². The maximum atomic E-state index is 6.28. The number of ether oxygens (including phenoxy) is 1. The highest BCUT2D eigenvalue weighted by Crippen LogP contribution is 2.48. The molecular formula is C16H22ClNO. The minimum absolute atomic E-state index is 0.732. The summed E-state index contributed by atoms with van der Waals surface area (Å²) in [5.41, 5.74) is 1.19. The fourth-order valence-corrected chi connectivity index (χ4v) is 4.01. The zero-order valence-corrected chi connectivity index (χ0v) is 12.2. The molecule has 0 aromatic heterocycles. The highest BCUT2D eigenvalue weighted by Gasteiger charge is 2.39. The Bertz CT molecular complexity index is 448. The maximum Gasteiger partial charge on any atom is 0.137 e. The van der Waals surface area contributed by atoms with Gasteiger partial charge in [0.2, 0.25) is 0 Å². The van der Waals surface area contributed by atoms with E-state index in [-0.39, 0.29) is 0 Å². The van der Waals surface area contributed by atoms with Gasteiger partial charge in [-0.1, -0.05) is 24.1 Å². The van der Waals surface area contributed by atoms with Crippen molar-refractivity contribution in [1.29, 1.82) is 0 Å². The van der Waals surface area contributed by atoms with Gasteiger partial charge in [0.25, 0.3) is 0 Å². The zero-order valence-electron chi connectivity index (χ0n) is 11.5. The average Bonchev–Trinajstić information content (AvgIpc) is 3.00. The van der Waals surface area contributed by atoms with Crippen LogP contribution in [-0.2, 0) is 6.54 Å². The van der Waals surface area contributed by atoms with E-state index in [1.807, 2.05) is 19.2 Å². The van der Waals surface area contributed by atoms with Crippen molar-refractivity contribution >= 4 is 11.6 Å². The Hall–Kier alpha value is -0.730. The van der Waals surface area contributed by atoms with Gasteiger partial charge in [-0.05, 0) is 61.8 Å². The van der Waals surface area contributed by atoms with Crippen LogP contribution in [0, 0.1) is 17.8 Å². The van der Waals surface area contributed by atoms with Crippen LogP contribution in [0.3, 0.4) is 0 Å². The van der Waals surface area contributed by atoms with Crippen molar-refractivity contribution in [3.05, 3.63) is 28.8 Å². The Morgan fingerprint density at radius 1 is 1.32 bits per heavy atom. The standard InChI is InChI=1S/C16H22ClNO/c1-18-9-12-3-5-16(15(17)8-12)19-10-14-7-11-2-4-13(14)6-11/h3,5,8,11,13-14,18H,2,4,6-7,9-10H2,1H3. The zero-order chi connectivity index (χ0) is 13.2. The van der Waals surface area contributed by atoms with Crippen LogP contribution >= 0.6 is 11.6 Å². The third kappa shape index (κ3) is 2.90. The second-order valence-corrected chi connectivity index (χ2v) is 6.45. The third-order valence-corrected chi connectivity index (χ3v) is 5.01. The van der Waals surface area contributed by atoms with Crippen molar-refractivity contribution in [2.75, 3.05) is 13.7 Å². The van der Waals surface area contributed by atoms with Gasteiger partial charge in [0.05, 0.1) is 11.6 Å². The highest BCUT2D eigenvalue weighted by atomic mass is 35.5. The van der Waals surface area contributed by atoms with Gasteiger partial charge < -0.3 is 10.1 Å². The molecular weight excluding hydrogens is 258 g/mol. The highest BCUT2D eigenvalue weighted by molar-refractivity contribution is 6.32. The molecule has 0 aliphatic heterocycles. The van der Waals surface area contributed by atoms with Crippen LogP contribution in [0.5, 0.6) is 5.75 Å². The summed E-state index contributed by atoms with van der Waals surface area (Å²) >= 11 is 6.28. The average molecular weight is 280 g/mol. The van der Waals surface area contributed by atoms with Gasteiger partial charge in [-0.2, -0.15) is 0 Å². The molecule has 0 heterocycles. The number of hydrogen-bond acceptors (Lipinski definition) is 2. The molecule has 3 rings (SSSR count). The van der Waals surface area contributed by atoms with E-state index in [1.165, 1.54) is 31.2 Å². The fraction of sp³-hybridized carbons (Fsp3) is 0.625. The number of benzene rings is 1. The SMILES string of the molecule is CNCc1ccc(OCC2CC3CCC2C3)c(Cl)c1. The number of fused-ring (bicyclic) bond motifs is 2. The van der Waals surface area contributed by atoms with Gasteiger partial charge in [0, 0.05) is 6.54 Å². The molecule has 19 heavy (non-hydrogen) atoms. The van der Waals surface area contributed by atoms with E-state index in [2.05, 4.69) is 11.4 Å². The van der Waals surface area contributed by atoms with Gasteiger partial charge in [-0.3, -0.25) is 0 Å². The monoisotopic (exact) mass is 279 g/mol. The van der Waals surface area contributed by atoms with Crippen LogP contribution in [-0.4, -0.2) is 13.7 Å². The molecule has 104 valence electrons. The smallest absolute Gasteiger partial charge is 0.137 e. The molecule has 1 aromatic carbocycles. The lowest BCUT2D eigenvalue weighted by Gasteiger charge is -2.22. The maximum absolute atomic E-state index is 6.28. The van der Waals surface area contributed by atoms with E-state index in [9.17, 15) is 0 Å². The first kappa shape index (κ1) is 13.3. The Morgan fingerprint density at radius 2 is 2.21 bits per heavy atom. The predicted octanol–water partition coefficient (Wildman–Crippen LogP) is 3.87. The fourth-order valence-electron chi connectivity index (χ4n) is 3.75. The molecule has 2 aliphatic carbocycles. The molecule has 2 nitrogen and oxygen atoms in total. The first-order valence-electron chi connectivity index (χ1n) is 7.32. The first-order chi connectivity index (χ1) is 9.26. The molecule has 1 N–H and O–H groups in total. The quantitative estimate of drug-likeness (QED) is 0.883. The third-order valence-electron chi connectivity index (χ3n) is 4.71. The lowest BCUT2D eigenvalue weighted by Crippen LogP contribution is -2.18. The van der Waals surface area contributed by atoms with Crippen LogP contribution in [0.25, 0.3) is 0 Å². The first-order valence-corrected chi connectivity index (χ1v) is 7.70. The van der Waals surface area contributed by atoms with Crippen molar-refractivity contribution in [3.63, 3.8) is 0 Å². The molecule has 3 heteroatoms. The molecule has 2 fully saturated rings. The van der Waals surface area contributed by atoms with Gasteiger partial charge in [-0.25, -0.2) is 0 Å². The van der Waals surface area contributed by atoms with E-state index in [0.29, 0.717) is 0 Å². The van der Waals surface area contributed by atoms with Gasteiger partial charge in [-0.15, -0.1) is 0 Å². The van der Waals surface area contributed by atoms with Crippen molar-refractivity contribution in [1.82, 2.24) is 5.32 Å². The number of rotatable bonds is 5. The van der Waals surface area contributed by atoms with Gasteiger partial charge in [0.1, 0.15) is 5.75 Å². The number of nitrogens with one attached hydrogen (secondary N) is 1. The summed E-state index contributed by atoms with van der Waals surface area (Å²) in [5, 5.41) is 3.86. The summed E-state index contributed by atoms with van der Waals surface area (Å²) in [7, 11) is 1.94. The van der Waals surface area contributed by atoms with E-state index in [4.69, 9.17) is 16.3 Å². The Labute approximate surface area is 120 Å². The summed E-state index contributed by atoms with van der Waals surface area (Å²) in [6.07, 6.45) is 5.65. The van der Waals surface area contributed by atoms with Crippen LogP contribution in [0.4, 0.5) is 0 Å². The van der Waals surface area contributed by atoms with E-state index < -0.39 is 0 Å². The Balaban J connectivity index is 1.58. The largest absolute Gasteiger partial charge is 0.492 e. The molecule has 1 aromatic rings. The van der Waals surface area contributed by atoms with Crippen LogP contribution in [0.1, 0.15) is 31.2 Å². The van der Waals surface area contributed by atoms with Crippen molar-refractivity contribution < 1.29 is 4.74 Å². The minimum Gasteiger partial charge on any atom is -0.492 e. The van der Waals surface area contributed by atoms with Gasteiger partial charge in [0.15, 0.2) is 0 Å². The number of hydrogen-bond donors (Lipinski definition) is 1. The summed E-state index contributed by atoms with van der Waals surface area (Å²) in [5.74, 6) is 3.48. The van der Waals surface area contributed by atoms with Crippen molar-refractivity contribution in [2.24, 2.45) is 17.8 Å². The van der Waals surface area contributed by atoms with Crippen LogP contribution in [0.2, 0.25) is 5.02 Å². The minimum atomic E-state index is 0.732. The second kappa shape index (κ2) is 5.72. The van der Waals surface area contributed by atoms with Crippen molar-refractivity contribution in [3.8, 4) is 5.75 Å². The molecule has 0 amide bonds. The summed E-state index contributed by atoms with van der Waals surface area (Å²) in [6, 6.07) is 6.08. The molecule has 2 aliphatic rings. The normalized spacial score (nSPS) is 28.8. The van der Waals surface area contributed by atoms with E-state index in [0.717, 1.165) is 41.7 Å². The van der Waals surface area contributed by atoms with Crippen LogP contribution in [0.15, 0.2) is 18.2 Å². The molecule has 0 spiro atoms. The molecule has 0 saturated heterocycles. The lowest BCUT2D eigenvalue weighted by atomic mass is 9.89. The number of halogens is 1. The second-order valence-electron chi connectivity index (χ2n) is 6.04.